The first kappa shape index (κ1) is 13.6. The van der Waals surface area contributed by atoms with Crippen LogP contribution >= 0.6 is 11.6 Å². The molecule has 0 fully saturated rings. The predicted molar refractivity (Wildman–Crippen MR) is 69.3 cm³/mol. The molecule has 0 aromatic heterocycles. The molecule has 0 spiro atoms. The summed E-state index contributed by atoms with van der Waals surface area (Å²) in [6.45, 7) is 2.69. The molecule has 0 heterocycles. The molecule has 0 unspecified atom stereocenters. The number of hydrogen-bond acceptors (Lipinski definition) is 3. The van der Waals surface area contributed by atoms with Crippen molar-refractivity contribution in [2.24, 2.45) is 0 Å². The lowest BCUT2D eigenvalue weighted by Crippen LogP contribution is -2.29. The molecule has 0 bridgehead atoms. The Bertz CT molecular complexity index is 383. The first-order valence-corrected chi connectivity index (χ1v) is 5.95. The van der Waals surface area contributed by atoms with Crippen LogP contribution in [0.4, 0.5) is 5.69 Å². The average Bonchev–Trinajstić information content (AvgIpc) is 2.31. The summed E-state index contributed by atoms with van der Waals surface area (Å²) in [5, 5.41) is 3.19. The van der Waals surface area contributed by atoms with E-state index in [9.17, 15) is 4.79 Å². The lowest BCUT2D eigenvalue weighted by molar-refractivity contribution is -0.123. The van der Waals surface area contributed by atoms with E-state index in [0.717, 1.165) is 12.8 Å². The molecule has 1 rings (SSSR count). The third kappa shape index (κ3) is 4.95. The summed E-state index contributed by atoms with van der Waals surface area (Å²) in [5.74, 6) is 0.272. The summed E-state index contributed by atoms with van der Waals surface area (Å²) < 4.78 is 5.29. The maximum absolute atomic E-state index is 11.4. The van der Waals surface area contributed by atoms with Gasteiger partial charge in [0.2, 0.25) is 0 Å². The Labute approximate surface area is 106 Å². The van der Waals surface area contributed by atoms with Crippen molar-refractivity contribution >= 4 is 23.2 Å². The number of carbonyl (C=O) groups is 1. The Kier molecular flexibility index (Phi) is 5.63. The number of rotatable bonds is 6. The molecule has 3 N–H and O–H groups in total. The number of nitrogens with two attached hydrogens (primary N) is 1. The highest BCUT2D eigenvalue weighted by atomic mass is 35.5. The molecule has 0 aliphatic carbocycles. The van der Waals surface area contributed by atoms with Crippen LogP contribution in [0, 0.1) is 0 Å². The van der Waals surface area contributed by atoms with Gasteiger partial charge in [-0.1, -0.05) is 24.9 Å². The zero-order valence-electron chi connectivity index (χ0n) is 9.83. The van der Waals surface area contributed by atoms with E-state index in [2.05, 4.69) is 12.2 Å². The number of unbranched alkanes of at least 4 members (excludes halogenated alkanes) is 1. The van der Waals surface area contributed by atoms with Gasteiger partial charge in [-0.2, -0.15) is 0 Å². The number of benzene rings is 1. The molecule has 0 saturated heterocycles. The Morgan fingerprint density at radius 1 is 1.53 bits per heavy atom. The van der Waals surface area contributed by atoms with E-state index in [4.69, 9.17) is 22.1 Å². The maximum atomic E-state index is 11.4. The van der Waals surface area contributed by atoms with Crippen molar-refractivity contribution in [1.82, 2.24) is 5.32 Å². The molecule has 1 aromatic carbocycles. The Morgan fingerprint density at radius 2 is 2.29 bits per heavy atom. The smallest absolute Gasteiger partial charge is 0.257 e. The Balaban J connectivity index is 2.39. The largest absolute Gasteiger partial charge is 0.482 e. The predicted octanol–water partition coefficient (Wildman–Crippen LogP) is 2.22. The number of amides is 1. The molecule has 94 valence electrons. The topological polar surface area (TPSA) is 64.3 Å². The first-order chi connectivity index (χ1) is 8.13. The van der Waals surface area contributed by atoms with Crippen molar-refractivity contribution in [3.8, 4) is 5.75 Å². The monoisotopic (exact) mass is 256 g/mol. The molecular weight excluding hydrogens is 240 g/mol. The van der Waals surface area contributed by atoms with Crippen LogP contribution in [-0.2, 0) is 4.79 Å². The molecule has 1 aromatic rings. The van der Waals surface area contributed by atoms with E-state index in [0.29, 0.717) is 23.0 Å². The average molecular weight is 257 g/mol. The second kappa shape index (κ2) is 7.01. The van der Waals surface area contributed by atoms with Crippen LogP contribution in [0.1, 0.15) is 19.8 Å². The molecule has 17 heavy (non-hydrogen) atoms. The molecule has 0 aliphatic rings. The molecule has 1 amide bonds. The highest BCUT2D eigenvalue weighted by Crippen LogP contribution is 2.26. The van der Waals surface area contributed by atoms with Crippen molar-refractivity contribution < 1.29 is 9.53 Å². The van der Waals surface area contributed by atoms with Gasteiger partial charge >= 0.3 is 0 Å². The maximum Gasteiger partial charge on any atom is 0.257 e. The highest BCUT2D eigenvalue weighted by Gasteiger charge is 2.05. The number of anilines is 1. The van der Waals surface area contributed by atoms with Crippen molar-refractivity contribution in [3.63, 3.8) is 0 Å². The fourth-order valence-corrected chi connectivity index (χ4v) is 1.40. The second-order valence-corrected chi connectivity index (χ2v) is 4.09. The molecule has 0 saturated carbocycles. The van der Waals surface area contributed by atoms with E-state index < -0.39 is 0 Å². The minimum absolute atomic E-state index is 0.0487. The minimum Gasteiger partial charge on any atom is -0.482 e. The third-order valence-electron chi connectivity index (χ3n) is 2.17. The van der Waals surface area contributed by atoms with Gasteiger partial charge in [-0.25, -0.2) is 0 Å². The van der Waals surface area contributed by atoms with Gasteiger partial charge in [-0.15, -0.1) is 0 Å². The van der Waals surface area contributed by atoms with Crippen molar-refractivity contribution in [1.29, 1.82) is 0 Å². The van der Waals surface area contributed by atoms with Gasteiger partial charge in [0.25, 0.3) is 5.91 Å². The zero-order valence-corrected chi connectivity index (χ0v) is 10.6. The quantitative estimate of drug-likeness (QED) is 0.606. The number of ether oxygens (including phenoxy) is 1. The standard InChI is InChI=1S/C12H17ClN2O2/c1-2-3-6-15-12(16)8-17-11-7-9(14)4-5-10(11)13/h4-5,7H,2-3,6,8,14H2,1H3,(H,15,16). The highest BCUT2D eigenvalue weighted by molar-refractivity contribution is 6.32. The van der Waals surface area contributed by atoms with Crippen LogP contribution in [0.15, 0.2) is 18.2 Å². The number of halogens is 1. The first-order valence-electron chi connectivity index (χ1n) is 5.58. The van der Waals surface area contributed by atoms with Gasteiger partial charge < -0.3 is 15.8 Å². The summed E-state index contributed by atoms with van der Waals surface area (Å²) in [6.07, 6.45) is 2.01. The summed E-state index contributed by atoms with van der Waals surface area (Å²) in [6, 6.07) is 4.92. The molecular formula is C12H17ClN2O2. The van der Waals surface area contributed by atoms with Crippen molar-refractivity contribution in [2.45, 2.75) is 19.8 Å². The van der Waals surface area contributed by atoms with E-state index in [1.165, 1.54) is 0 Å². The number of nitrogen functional groups attached to an aromatic ring is 1. The third-order valence-corrected chi connectivity index (χ3v) is 2.48. The minimum atomic E-state index is -0.156. The molecule has 0 aliphatic heterocycles. The summed E-state index contributed by atoms with van der Waals surface area (Å²) in [5.41, 5.74) is 6.14. The Morgan fingerprint density at radius 3 is 3.00 bits per heavy atom. The summed E-state index contributed by atoms with van der Waals surface area (Å²) in [7, 11) is 0. The normalized spacial score (nSPS) is 10.0. The van der Waals surface area contributed by atoms with Crippen LogP contribution < -0.4 is 15.8 Å². The molecule has 0 atom stereocenters. The molecule has 4 nitrogen and oxygen atoms in total. The van der Waals surface area contributed by atoms with Gasteiger partial charge in [0.15, 0.2) is 6.61 Å². The van der Waals surface area contributed by atoms with Crippen LogP contribution in [-0.4, -0.2) is 19.1 Å². The van der Waals surface area contributed by atoms with E-state index in [1.54, 1.807) is 18.2 Å². The van der Waals surface area contributed by atoms with Crippen LogP contribution in [0.3, 0.4) is 0 Å². The number of nitrogens with one attached hydrogen (secondary N) is 1. The van der Waals surface area contributed by atoms with Gasteiger partial charge in [0, 0.05) is 18.3 Å². The Hall–Kier alpha value is -1.42. The lowest BCUT2D eigenvalue weighted by Gasteiger charge is -2.09. The van der Waals surface area contributed by atoms with Gasteiger partial charge in [0.1, 0.15) is 5.75 Å². The van der Waals surface area contributed by atoms with Gasteiger partial charge in [-0.05, 0) is 18.6 Å². The van der Waals surface area contributed by atoms with E-state index >= 15 is 0 Å². The van der Waals surface area contributed by atoms with E-state index in [-0.39, 0.29) is 12.5 Å². The lowest BCUT2D eigenvalue weighted by atomic mass is 10.3. The SMILES string of the molecule is CCCCNC(=O)COc1cc(N)ccc1Cl. The molecule has 5 heteroatoms. The van der Waals surface area contributed by atoms with E-state index in [1.807, 2.05) is 0 Å². The second-order valence-electron chi connectivity index (χ2n) is 3.68. The van der Waals surface area contributed by atoms with Crippen LogP contribution in [0.25, 0.3) is 0 Å². The van der Waals surface area contributed by atoms with Crippen LogP contribution in [0.2, 0.25) is 5.02 Å². The van der Waals surface area contributed by atoms with Crippen molar-refractivity contribution in [3.05, 3.63) is 23.2 Å². The summed E-state index contributed by atoms with van der Waals surface area (Å²) >= 11 is 5.89. The fourth-order valence-electron chi connectivity index (χ4n) is 1.23. The van der Waals surface area contributed by atoms with Crippen molar-refractivity contribution in [2.75, 3.05) is 18.9 Å². The number of hydrogen-bond donors (Lipinski definition) is 2. The number of carbonyl (C=O) groups excluding carboxylic acids is 1. The molecule has 0 radical (unpaired) electrons. The van der Waals surface area contributed by atoms with Gasteiger partial charge in [-0.3, -0.25) is 4.79 Å². The zero-order chi connectivity index (χ0) is 12.7. The van der Waals surface area contributed by atoms with Gasteiger partial charge in [0.05, 0.1) is 5.02 Å². The summed E-state index contributed by atoms with van der Waals surface area (Å²) in [4.78, 5) is 11.4. The fraction of sp³-hybridized carbons (Fsp3) is 0.417. The van der Waals surface area contributed by atoms with Crippen LogP contribution in [0.5, 0.6) is 5.75 Å².